The maximum atomic E-state index is 6.31. The van der Waals surface area contributed by atoms with Gasteiger partial charge < -0.3 is 10.2 Å². The van der Waals surface area contributed by atoms with E-state index < -0.39 is 0 Å². The number of nitrogens with one attached hydrogen (secondary N) is 1. The van der Waals surface area contributed by atoms with Crippen LogP contribution in [0.3, 0.4) is 0 Å². The monoisotopic (exact) mass is 342 g/mol. The van der Waals surface area contributed by atoms with Crippen molar-refractivity contribution in [2.24, 2.45) is 0 Å². The molecular weight excluding hydrogens is 331 g/mol. The third-order valence-corrected chi connectivity index (χ3v) is 4.34. The van der Waals surface area contributed by atoms with E-state index in [0.29, 0.717) is 15.2 Å². The second kappa shape index (κ2) is 5.87. The summed E-state index contributed by atoms with van der Waals surface area (Å²) >= 11 is 18.4. The average Bonchev–Trinajstić information content (AvgIpc) is 2.48. The topological polar surface area (TPSA) is 41.0 Å². The fraction of sp³-hybridized carbons (Fsp3) is 0.286. The summed E-state index contributed by atoms with van der Waals surface area (Å²) in [5, 5.41) is 12.9. The molecule has 7 heteroatoms. The first-order chi connectivity index (χ1) is 10.1. The molecule has 2 heterocycles. The van der Waals surface area contributed by atoms with Crippen molar-refractivity contribution in [2.75, 3.05) is 23.3 Å². The third kappa shape index (κ3) is 2.89. The minimum absolute atomic E-state index is 0.0531. The summed E-state index contributed by atoms with van der Waals surface area (Å²) in [5.74, 6) is 0.732. The number of fused-ring (bicyclic) bond motifs is 1. The van der Waals surface area contributed by atoms with E-state index in [4.69, 9.17) is 34.8 Å². The second-order valence-electron chi connectivity index (χ2n) is 4.86. The lowest BCUT2D eigenvalue weighted by molar-refractivity contribution is 0.663. The number of aromatic nitrogens is 2. The second-order valence-corrected chi connectivity index (χ2v) is 6.09. The average molecular weight is 344 g/mol. The van der Waals surface area contributed by atoms with Crippen molar-refractivity contribution < 1.29 is 0 Å². The van der Waals surface area contributed by atoms with Gasteiger partial charge in [-0.1, -0.05) is 34.8 Å². The Labute approximate surface area is 138 Å². The van der Waals surface area contributed by atoms with Crippen molar-refractivity contribution in [2.45, 2.75) is 13.0 Å². The van der Waals surface area contributed by atoms with Crippen molar-refractivity contribution in [1.82, 2.24) is 10.2 Å². The summed E-state index contributed by atoms with van der Waals surface area (Å²) in [7, 11) is 0. The molecule has 1 aromatic carbocycles. The molecule has 4 nitrogen and oxygen atoms in total. The van der Waals surface area contributed by atoms with Gasteiger partial charge in [0.05, 0.1) is 11.7 Å². The molecule has 1 aromatic heterocycles. The molecule has 0 unspecified atom stereocenters. The van der Waals surface area contributed by atoms with Gasteiger partial charge in [-0.15, -0.1) is 10.2 Å². The summed E-state index contributed by atoms with van der Waals surface area (Å²) in [5.41, 5.74) is 1.90. The number of halogens is 3. The van der Waals surface area contributed by atoms with Gasteiger partial charge in [-0.3, -0.25) is 0 Å². The van der Waals surface area contributed by atoms with Crippen LogP contribution in [0.5, 0.6) is 0 Å². The van der Waals surface area contributed by atoms with Crippen molar-refractivity contribution in [3.8, 4) is 0 Å². The number of benzene rings is 1. The van der Waals surface area contributed by atoms with Crippen LogP contribution in [0.2, 0.25) is 15.2 Å². The molecular formula is C14H13Cl3N4. The molecule has 0 radical (unpaired) electrons. The van der Waals surface area contributed by atoms with E-state index in [-0.39, 0.29) is 6.04 Å². The van der Waals surface area contributed by atoms with E-state index >= 15 is 0 Å². The van der Waals surface area contributed by atoms with Gasteiger partial charge in [-0.2, -0.15) is 0 Å². The minimum atomic E-state index is 0.0531. The number of nitrogens with zero attached hydrogens (tertiary/aromatic N) is 3. The van der Waals surface area contributed by atoms with Crippen LogP contribution in [0.15, 0.2) is 24.3 Å². The normalized spacial score (nSPS) is 15.3. The molecule has 0 fully saturated rings. The molecule has 0 spiro atoms. The lowest BCUT2D eigenvalue weighted by Gasteiger charge is -2.36. The molecule has 0 amide bonds. The fourth-order valence-electron chi connectivity index (χ4n) is 2.52. The quantitative estimate of drug-likeness (QED) is 0.876. The van der Waals surface area contributed by atoms with Crippen LogP contribution >= 0.6 is 34.8 Å². The standard InChI is InChI=1S/C14H13Cl3N4/c1-8(10-6-9(15)2-3-11(10)16)21-5-4-18-14-12(21)7-13(17)19-20-14/h2-3,6-8H,4-5H2,1H3,(H,18,20)/t8-/m1/s1. The van der Waals surface area contributed by atoms with Crippen molar-refractivity contribution in [3.05, 3.63) is 45.0 Å². The Morgan fingerprint density at radius 2 is 2.00 bits per heavy atom. The van der Waals surface area contributed by atoms with Gasteiger partial charge in [0, 0.05) is 29.2 Å². The van der Waals surface area contributed by atoms with E-state index in [2.05, 4.69) is 27.3 Å². The van der Waals surface area contributed by atoms with Crippen molar-refractivity contribution >= 4 is 46.3 Å². The summed E-state index contributed by atoms with van der Waals surface area (Å²) in [6.07, 6.45) is 0. The highest BCUT2D eigenvalue weighted by molar-refractivity contribution is 6.33. The molecule has 110 valence electrons. The lowest BCUT2D eigenvalue weighted by Crippen LogP contribution is -2.36. The molecule has 0 saturated carbocycles. The lowest BCUT2D eigenvalue weighted by atomic mass is 10.1. The summed E-state index contributed by atoms with van der Waals surface area (Å²) in [4.78, 5) is 2.20. The predicted molar refractivity (Wildman–Crippen MR) is 87.8 cm³/mol. The van der Waals surface area contributed by atoms with Crippen LogP contribution in [0.25, 0.3) is 0 Å². The molecule has 21 heavy (non-hydrogen) atoms. The zero-order valence-corrected chi connectivity index (χ0v) is 13.5. The summed E-state index contributed by atoms with van der Waals surface area (Å²) < 4.78 is 0. The maximum Gasteiger partial charge on any atom is 0.172 e. The highest BCUT2D eigenvalue weighted by atomic mass is 35.5. The Bertz CT molecular complexity index is 677. The number of anilines is 2. The predicted octanol–water partition coefficient (Wildman–Crippen LogP) is 4.43. The Morgan fingerprint density at radius 1 is 1.19 bits per heavy atom. The van der Waals surface area contributed by atoms with Crippen LogP contribution in [-0.2, 0) is 0 Å². The number of hydrogen-bond donors (Lipinski definition) is 1. The van der Waals surface area contributed by atoms with E-state index in [9.17, 15) is 0 Å². The van der Waals surface area contributed by atoms with Gasteiger partial charge in [0.2, 0.25) is 0 Å². The minimum Gasteiger partial charge on any atom is -0.365 e. The first kappa shape index (κ1) is 14.7. The van der Waals surface area contributed by atoms with Gasteiger partial charge in [0.1, 0.15) is 0 Å². The fourth-order valence-corrected chi connectivity index (χ4v) is 3.12. The van der Waals surface area contributed by atoms with Crippen LogP contribution in [0, 0.1) is 0 Å². The third-order valence-electron chi connectivity index (χ3n) is 3.57. The van der Waals surface area contributed by atoms with Gasteiger partial charge in [-0.05, 0) is 30.7 Å². The first-order valence-electron chi connectivity index (χ1n) is 6.55. The van der Waals surface area contributed by atoms with E-state index in [0.717, 1.165) is 30.2 Å². The highest BCUT2D eigenvalue weighted by Crippen LogP contribution is 2.37. The highest BCUT2D eigenvalue weighted by Gasteiger charge is 2.25. The summed E-state index contributed by atoms with van der Waals surface area (Å²) in [6, 6.07) is 7.36. The smallest absolute Gasteiger partial charge is 0.172 e. The molecule has 0 saturated heterocycles. The zero-order valence-electron chi connectivity index (χ0n) is 11.3. The molecule has 1 aliphatic heterocycles. The molecule has 0 aliphatic carbocycles. The Hall–Kier alpha value is -1.23. The van der Waals surface area contributed by atoms with Crippen LogP contribution < -0.4 is 10.2 Å². The van der Waals surface area contributed by atoms with Crippen LogP contribution in [0.4, 0.5) is 11.5 Å². The van der Waals surface area contributed by atoms with Gasteiger partial charge >= 0.3 is 0 Å². The molecule has 1 aliphatic rings. The van der Waals surface area contributed by atoms with Crippen LogP contribution in [-0.4, -0.2) is 23.3 Å². The Balaban J connectivity index is 2.01. The maximum absolute atomic E-state index is 6.31. The van der Waals surface area contributed by atoms with E-state index in [1.165, 1.54) is 0 Å². The first-order valence-corrected chi connectivity index (χ1v) is 7.68. The van der Waals surface area contributed by atoms with Gasteiger partial charge in [0.25, 0.3) is 0 Å². The molecule has 1 N–H and O–H groups in total. The molecule has 3 rings (SSSR count). The van der Waals surface area contributed by atoms with Crippen molar-refractivity contribution in [3.63, 3.8) is 0 Å². The molecule has 0 bridgehead atoms. The number of hydrogen-bond acceptors (Lipinski definition) is 4. The molecule has 2 aromatic rings. The van der Waals surface area contributed by atoms with E-state index in [1.807, 2.05) is 18.2 Å². The van der Waals surface area contributed by atoms with E-state index in [1.54, 1.807) is 6.07 Å². The van der Waals surface area contributed by atoms with Gasteiger partial charge in [0.15, 0.2) is 11.0 Å². The zero-order chi connectivity index (χ0) is 15.0. The largest absolute Gasteiger partial charge is 0.365 e. The van der Waals surface area contributed by atoms with Gasteiger partial charge in [-0.25, -0.2) is 0 Å². The Kier molecular flexibility index (Phi) is 4.11. The van der Waals surface area contributed by atoms with Crippen LogP contribution in [0.1, 0.15) is 18.5 Å². The Morgan fingerprint density at radius 3 is 2.81 bits per heavy atom. The SMILES string of the molecule is C[C@H](c1cc(Cl)ccc1Cl)N1CCNc2nnc(Cl)cc21. The summed E-state index contributed by atoms with van der Waals surface area (Å²) in [6.45, 7) is 3.69. The number of rotatable bonds is 2. The molecule has 1 atom stereocenters. The van der Waals surface area contributed by atoms with Crippen molar-refractivity contribution in [1.29, 1.82) is 0 Å².